The van der Waals surface area contributed by atoms with Crippen LogP contribution in [0.2, 0.25) is 0 Å². The van der Waals surface area contributed by atoms with E-state index in [1.807, 2.05) is 18.2 Å². The van der Waals surface area contributed by atoms with Crippen LogP contribution in [-0.4, -0.2) is 33.0 Å². The van der Waals surface area contributed by atoms with Gasteiger partial charge in [0.1, 0.15) is 11.5 Å². The van der Waals surface area contributed by atoms with Gasteiger partial charge in [-0.05, 0) is 12.2 Å². The summed E-state index contributed by atoms with van der Waals surface area (Å²) in [6.45, 7) is 0.279. The van der Waals surface area contributed by atoms with E-state index in [-0.39, 0.29) is 12.4 Å². The number of nitrogens with zero attached hydrogens (tertiary/aromatic N) is 3. The summed E-state index contributed by atoms with van der Waals surface area (Å²) in [5.41, 5.74) is 8.53. The Balaban J connectivity index is 2.04. The van der Waals surface area contributed by atoms with Crippen LogP contribution in [0.3, 0.4) is 0 Å². The average molecular weight is 282 g/mol. The Morgan fingerprint density at radius 2 is 2.00 bits per heavy atom. The smallest absolute Gasteiger partial charge is 0.186 e. The van der Waals surface area contributed by atoms with Crippen molar-refractivity contribution in [2.45, 2.75) is 6.54 Å². The molecule has 0 unspecified atom stereocenters. The van der Waals surface area contributed by atoms with E-state index in [0.717, 1.165) is 5.56 Å². The zero-order chi connectivity index (χ0) is 14.8. The van der Waals surface area contributed by atoms with Gasteiger partial charge >= 0.3 is 0 Å². The van der Waals surface area contributed by atoms with Gasteiger partial charge in [0.15, 0.2) is 5.78 Å². The molecule has 3 N–H and O–H groups in total. The first kappa shape index (κ1) is 13.3. The molecule has 21 heavy (non-hydrogen) atoms. The highest BCUT2D eigenvalue weighted by Gasteiger charge is 2.17. The minimum Gasteiger partial charge on any atom is -0.394 e. The number of rotatable bonds is 3. The maximum atomic E-state index is 11.8. The van der Waals surface area contributed by atoms with Crippen molar-refractivity contribution in [1.82, 2.24) is 9.78 Å². The Bertz CT molecular complexity index is 759. The van der Waals surface area contributed by atoms with E-state index in [4.69, 9.17) is 10.8 Å². The fraction of sp³-hybridized carbons (Fsp3) is 0.133. The van der Waals surface area contributed by atoms with Crippen LogP contribution in [0.25, 0.3) is 0 Å². The third-order valence-electron chi connectivity index (χ3n) is 3.27. The fourth-order valence-corrected chi connectivity index (χ4v) is 2.23. The number of carbonyl (C=O) groups is 1. The lowest BCUT2D eigenvalue weighted by molar-refractivity contribution is 0.104. The lowest BCUT2D eigenvalue weighted by Gasteiger charge is -2.11. The highest BCUT2D eigenvalue weighted by Crippen LogP contribution is 2.25. The topological polar surface area (TPSA) is 93.5 Å². The zero-order valence-corrected chi connectivity index (χ0v) is 11.2. The second-order valence-corrected chi connectivity index (χ2v) is 4.60. The van der Waals surface area contributed by atoms with Crippen LogP contribution in [0.1, 0.15) is 15.9 Å². The molecular formula is C15H14N4O2. The monoisotopic (exact) mass is 282 g/mol. The number of benzene rings is 1. The van der Waals surface area contributed by atoms with Crippen molar-refractivity contribution in [2.24, 2.45) is 4.99 Å². The third-order valence-corrected chi connectivity index (χ3v) is 3.27. The van der Waals surface area contributed by atoms with E-state index >= 15 is 0 Å². The Kier molecular flexibility index (Phi) is 3.37. The standard InChI is InChI=1S/C15H14N4O2/c16-15-13(9-17-19(15)7-8-20)18-12-5-6-14(21)11-4-2-1-3-10(11)12/h1-6,9,20H,7-8,16H2. The number of nitrogen functional groups attached to an aromatic ring is 1. The predicted molar refractivity (Wildman–Crippen MR) is 79.8 cm³/mol. The lowest BCUT2D eigenvalue weighted by Crippen LogP contribution is -2.12. The molecule has 0 saturated carbocycles. The van der Waals surface area contributed by atoms with Crippen LogP contribution in [0, 0.1) is 0 Å². The van der Waals surface area contributed by atoms with Gasteiger partial charge in [-0.25, -0.2) is 9.67 Å². The highest BCUT2D eigenvalue weighted by atomic mass is 16.3. The molecule has 0 bridgehead atoms. The molecule has 0 aliphatic heterocycles. The molecule has 0 fully saturated rings. The predicted octanol–water partition coefficient (Wildman–Crippen LogP) is 1.33. The molecule has 6 heteroatoms. The van der Waals surface area contributed by atoms with E-state index < -0.39 is 0 Å². The summed E-state index contributed by atoms with van der Waals surface area (Å²) >= 11 is 0. The zero-order valence-electron chi connectivity index (χ0n) is 11.2. The molecule has 3 rings (SSSR count). The number of allylic oxidation sites excluding steroid dienone is 2. The summed E-state index contributed by atoms with van der Waals surface area (Å²) in [6, 6.07) is 7.31. The molecule has 2 aromatic rings. The first-order valence-electron chi connectivity index (χ1n) is 6.53. The Morgan fingerprint density at radius 1 is 1.24 bits per heavy atom. The van der Waals surface area contributed by atoms with E-state index in [0.29, 0.717) is 29.3 Å². The van der Waals surface area contributed by atoms with Gasteiger partial charge in [-0.15, -0.1) is 0 Å². The normalized spacial score (nSPS) is 15.5. The van der Waals surface area contributed by atoms with Gasteiger partial charge in [0, 0.05) is 11.1 Å². The van der Waals surface area contributed by atoms with E-state index in [1.165, 1.54) is 10.8 Å². The number of aliphatic hydroxyl groups excluding tert-OH is 1. The van der Waals surface area contributed by atoms with Crippen LogP contribution in [0.15, 0.2) is 47.6 Å². The molecule has 0 radical (unpaired) electrons. The maximum absolute atomic E-state index is 11.8. The third kappa shape index (κ3) is 2.36. The number of hydrogen-bond donors (Lipinski definition) is 2. The Hall–Kier alpha value is -2.73. The number of carbonyl (C=O) groups excluding carboxylic acids is 1. The molecule has 106 valence electrons. The molecule has 1 heterocycles. The van der Waals surface area contributed by atoms with Gasteiger partial charge in [-0.1, -0.05) is 24.3 Å². The van der Waals surface area contributed by atoms with Crippen molar-refractivity contribution < 1.29 is 9.90 Å². The molecule has 1 aromatic heterocycles. The fourth-order valence-electron chi connectivity index (χ4n) is 2.23. The van der Waals surface area contributed by atoms with Crippen LogP contribution < -0.4 is 5.73 Å². The maximum Gasteiger partial charge on any atom is 0.186 e. The average Bonchev–Trinajstić information content (AvgIpc) is 2.84. The van der Waals surface area contributed by atoms with Crippen molar-refractivity contribution in [3.8, 4) is 0 Å². The summed E-state index contributed by atoms with van der Waals surface area (Å²) in [7, 11) is 0. The summed E-state index contributed by atoms with van der Waals surface area (Å²) in [4.78, 5) is 16.3. The second kappa shape index (κ2) is 5.34. The van der Waals surface area contributed by atoms with Crippen molar-refractivity contribution in [3.63, 3.8) is 0 Å². The summed E-state index contributed by atoms with van der Waals surface area (Å²) in [6.07, 6.45) is 4.72. The van der Waals surface area contributed by atoms with E-state index in [9.17, 15) is 4.79 Å². The second-order valence-electron chi connectivity index (χ2n) is 4.60. The summed E-state index contributed by atoms with van der Waals surface area (Å²) < 4.78 is 1.49. The van der Waals surface area contributed by atoms with Gasteiger partial charge in [-0.2, -0.15) is 5.10 Å². The quantitative estimate of drug-likeness (QED) is 0.888. The van der Waals surface area contributed by atoms with Gasteiger partial charge in [0.2, 0.25) is 0 Å². The van der Waals surface area contributed by atoms with Gasteiger partial charge < -0.3 is 10.8 Å². The van der Waals surface area contributed by atoms with Crippen molar-refractivity contribution in [3.05, 3.63) is 53.7 Å². The van der Waals surface area contributed by atoms with Crippen LogP contribution >= 0.6 is 0 Å². The van der Waals surface area contributed by atoms with E-state index in [2.05, 4.69) is 10.1 Å². The Labute approximate surface area is 121 Å². The number of nitrogens with two attached hydrogens (primary N) is 1. The first-order chi connectivity index (χ1) is 10.2. The van der Waals surface area contributed by atoms with Gasteiger partial charge in [-0.3, -0.25) is 4.79 Å². The molecule has 1 aliphatic carbocycles. The molecule has 6 nitrogen and oxygen atoms in total. The van der Waals surface area contributed by atoms with Crippen LogP contribution in [0.4, 0.5) is 11.5 Å². The number of hydrogen-bond acceptors (Lipinski definition) is 5. The number of aliphatic hydroxyl groups is 1. The minimum atomic E-state index is -0.0425. The summed E-state index contributed by atoms with van der Waals surface area (Å²) in [5, 5.41) is 13.0. The van der Waals surface area contributed by atoms with Gasteiger partial charge in [0.25, 0.3) is 0 Å². The molecule has 0 saturated heterocycles. The number of fused-ring (bicyclic) bond motifs is 1. The first-order valence-corrected chi connectivity index (χ1v) is 6.53. The van der Waals surface area contributed by atoms with Crippen molar-refractivity contribution >= 4 is 23.0 Å². The minimum absolute atomic E-state index is 0.0338. The highest BCUT2D eigenvalue weighted by molar-refractivity contribution is 6.24. The lowest BCUT2D eigenvalue weighted by atomic mass is 9.94. The van der Waals surface area contributed by atoms with Gasteiger partial charge in [0.05, 0.1) is 25.1 Å². The van der Waals surface area contributed by atoms with Crippen LogP contribution in [-0.2, 0) is 6.54 Å². The number of aliphatic imine (C=N–C) groups is 1. The number of ketones is 1. The molecule has 1 aliphatic rings. The molecule has 0 atom stereocenters. The molecule has 0 amide bonds. The number of anilines is 1. The molecule has 1 aromatic carbocycles. The SMILES string of the molecule is Nc1c(N=C2C=CC(=O)c3ccccc32)cnn1CCO. The largest absolute Gasteiger partial charge is 0.394 e. The molecular weight excluding hydrogens is 268 g/mol. The van der Waals surface area contributed by atoms with Crippen molar-refractivity contribution in [2.75, 3.05) is 12.3 Å². The summed E-state index contributed by atoms with van der Waals surface area (Å²) in [5.74, 6) is 0.354. The van der Waals surface area contributed by atoms with Crippen LogP contribution in [0.5, 0.6) is 0 Å². The number of aromatic nitrogens is 2. The van der Waals surface area contributed by atoms with E-state index in [1.54, 1.807) is 18.3 Å². The van der Waals surface area contributed by atoms with Crippen molar-refractivity contribution in [1.29, 1.82) is 0 Å². The Morgan fingerprint density at radius 3 is 2.76 bits per heavy atom. The molecule has 0 spiro atoms.